The van der Waals surface area contributed by atoms with Crippen LogP contribution in [0.1, 0.15) is 0 Å². The molecule has 0 heterocycles. The Kier molecular flexibility index (Phi) is 8930. The predicted molar refractivity (Wildman–Crippen MR) is 74.6 cm³/mol. The average Bonchev–Trinajstić information content (AvgIpc) is 2.69. The van der Waals surface area contributed by atoms with Gasteiger partial charge in [0.15, 0.2) is 0 Å². The Balaban J connectivity index is -0.00000000665. The summed E-state index contributed by atoms with van der Waals surface area (Å²) in [7, 11) is 1.50. The van der Waals surface area contributed by atoms with Crippen LogP contribution in [0.25, 0.3) is 0 Å². The zero-order chi connectivity index (χ0) is 21.4. The summed E-state index contributed by atoms with van der Waals surface area (Å²) < 4.78 is 60.0. The van der Waals surface area contributed by atoms with Crippen molar-refractivity contribution in [2.75, 3.05) is 26.7 Å². The van der Waals surface area contributed by atoms with Gasteiger partial charge in [-0.1, -0.05) is 0 Å². The van der Waals surface area contributed by atoms with E-state index < -0.39 is 0 Å². The quantitative estimate of drug-likeness (QED) is 0.199. The molecule has 0 radical (unpaired) electrons. The third-order valence-electron chi connectivity index (χ3n) is 0. The molecule has 0 unspecified atom stereocenters. The monoisotopic (exact) mass is 718 g/mol. The minimum absolute atomic E-state index is 0. The standard InChI is InChI=1S/2C2H7P.8CO.2W/c2*1-3-2;8*1-2;;/h2*3H,1-2H3;;;;;;;;;;/p+2. The summed E-state index contributed by atoms with van der Waals surface area (Å²) in [6.45, 7) is 44.8. The largest absolute Gasteiger partial charge is 0 e. The molecular formula is C12H16O8P2W2+2. The first kappa shape index (κ1) is 87.7. The summed E-state index contributed by atoms with van der Waals surface area (Å²) in [6.07, 6.45) is 0. The van der Waals surface area contributed by atoms with E-state index in [9.17, 15) is 0 Å². The van der Waals surface area contributed by atoms with Gasteiger partial charge in [0, 0.05) is 68.8 Å². The Morgan fingerprint density at radius 3 is 0.333 bits per heavy atom. The second-order valence-electron chi connectivity index (χ2n) is 1.15. The van der Waals surface area contributed by atoms with E-state index in [0.29, 0.717) is 0 Å². The van der Waals surface area contributed by atoms with Crippen LogP contribution in [0.2, 0.25) is 0 Å². The van der Waals surface area contributed by atoms with Crippen molar-refractivity contribution in [2.24, 2.45) is 0 Å². The van der Waals surface area contributed by atoms with Crippen LogP contribution in [0.15, 0.2) is 0 Å². The zero-order valence-corrected chi connectivity index (χ0v) is 21.4. The molecule has 0 saturated carbocycles. The summed E-state index contributed by atoms with van der Waals surface area (Å²) >= 11 is 0. The molecule has 0 N–H and O–H groups in total. The van der Waals surface area contributed by atoms with Crippen LogP contribution in [-0.2, 0) is 79.3 Å². The zero-order valence-electron chi connectivity index (χ0n) is 13.2. The summed E-state index contributed by atoms with van der Waals surface area (Å²) in [5.74, 6) is 0. The molecule has 0 aromatic heterocycles. The molecule has 12 heteroatoms. The second-order valence-corrected chi connectivity index (χ2v) is 3.46. The molecule has 8 nitrogen and oxygen atoms in total. The summed E-state index contributed by atoms with van der Waals surface area (Å²) in [5.41, 5.74) is 0. The minimum Gasteiger partial charge on any atom is 0 e. The van der Waals surface area contributed by atoms with E-state index in [1.165, 1.54) is 0 Å². The van der Waals surface area contributed by atoms with Crippen LogP contribution < -0.4 is 0 Å². The van der Waals surface area contributed by atoms with Gasteiger partial charge in [-0.05, 0) is 17.2 Å². The third-order valence-corrected chi connectivity index (χ3v) is 0. The molecule has 0 rings (SSSR count). The van der Waals surface area contributed by atoms with Crippen LogP contribution in [-0.4, -0.2) is 26.7 Å². The minimum atomic E-state index is 0. The van der Waals surface area contributed by atoms with Gasteiger partial charge in [-0.2, -0.15) is 0 Å². The fourth-order valence-electron chi connectivity index (χ4n) is 0. The maximum absolute atomic E-state index is 7.50. The molecular weight excluding hydrogens is 702 g/mol. The van der Waals surface area contributed by atoms with Crippen molar-refractivity contribution in [3.8, 4) is 0 Å². The van der Waals surface area contributed by atoms with Crippen molar-refractivity contribution in [1.82, 2.24) is 0 Å². The van der Waals surface area contributed by atoms with Gasteiger partial charge < -0.3 is 0 Å². The van der Waals surface area contributed by atoms with Crippen molar-refractivity contribution < 1.29 is 79.3 Å². The molecule has 0 saturated heterocycles. The van der Waals surface area contributed by atoms with E-state index in [1.807, 2.05) is 0 Å². The van der Waals surface area contributed by atoms with Crippen molar-refractivity contribution in [2.45, 2.75) is 0 Å². The SMILES string of the molecule is C[PH2+]C.C[PH2+]C.[C-]#[O+].[C-]#[O+].[C-]#[O+].[C-]#[O+].[C-]#[O+].[C-]#[O+].[C-]#[O+].[C-]#[O+].[W].[W]. The van der Waals surface area contributed by atoms with Gasteiger partial charge in [0.05, 0.1) is 0 Å². The van der Waals surface area contributed by atoms with Crippen LogP contribution in [0.3, 0.4) is 0 Å². The molecule has 0 atom stereocenters. The van der Waals surface area contributed by atoms with Gasteiger partial charge in [-0.25, -0.2) is 0 Å². The number of hydrogen-bond donors (Lipinski definition) is 0. The first-order valence-electron chi connectivity index (χ1n) is 3.94. The van der Waals surface area contributed by atoms with Crippen molar-refractivity contribution in [3.63, 3.8) is 0 Å². The normalized spacial score (nSPS) is 2.17. The Labute approximate surface area is 175 Å². The molecule has 0 bridgehead atoms. The molecule has 0 amide bonds. The van der Waals surface area contributed by atoms with Crippen molar-refractivity contribution >= 4 is 17.2 Å². The Hall–Kier alpha value is 0.157. The van der Waals surface area contributed by atoms with Crippen LogP contribution in [0, 0.1) is 53.2 Å². The molecule has 0 aliphatic carbocycles. The maximum atomic E-state index is 7.50. The summed E-state index contributed by atoms with van der Waals surface area (Å²) in [6, 6.07) is 0. The summed E-state index contributed by atoms with van der Waals surface area (Å²) in [4.78, 5) is 0. The van der Waals surface area contributed by atoms with E-state index >= 15 is 0 Å². The van der Waals surface area contributed by atoms with E-state index in [0.717, 1.165) is 17.2 Å². The smallest absolute Gasteiger partial charge is 0 e. The fourth-order valence-corrected chi connectivity index (χ4v) is 0. The van der Waals surface area contributed by atoms with E-state index in [-0.39, 0.29) is 42.1 Å². The average molecular weight is 718 g/mol. The van der Waals surface area contributed by atoms with Crippen molar-refractivity contribution in [1.29, 1.82) is 0 Å². The second kappa shape index (κ2) is 2440. The molecule has 132 valence electrons. The molecule has 0 aliphatic rings. The topological polar surface area (TPSA) is 159 Å². The molecule has 24 heavy (non-hydrogen) atoms. The van der Waals surface area contributed by atoms with Gasteiger partial charge in [0.25, 0.3) is 0 Å². The Morgan fingerprint density at radius 1 is 0.333 bits per heavy atom. The van der Waals surface area contributed by atoms with Gasteiger partial charge in [0.1, 0.15) is 0 Å². The van der Waals surface area contributed by atoms with E-state index in [4.69, 9.17) is 37.2 Å². The molecule has 0 aromatic rings. The van der Waals surface area contributed by atoms with Crippen LogP contribution in [0.4, 0.5) is 0 Å². The predicted octanol–water partition coefficient (Wildman–Crippen LogP) is 1.01. The van der Waals surface area contributed by atoms with Gasteiger partial charge in [-0.3, -0.25) is 0 Å². The van der Waals surface area contributed by atoms with Gasteiger partial charge in [-0.15, -0.1) is 0 Å². The molecule has 0 aliphatic heterocycles. The summed E-state index contributed by atoms with van der Waals surface area (Å²) in [5, 5.41) is 0. The van der Waals surface area contributed by atoms with Gasteiger partial charge >= 0.3 is 90.4 Å². The fraction of sp³-hybridized carbons (Fsp3) is 0.333. The number of rotatable bonds is 0. The third kappa shape index (κ3) is 404000. The molecule has 0 aromatic carbocycles. The molecule has 0 fully saturated rings. The first-order valence-corrected chi connectivity index (χ1v) is 8.56. The number of hydrogen-bond acceptors (Lipinski definition) is 0. The van der Waals surface area contributed by atoms with E-state index in [1.54, 1.807) is 0 Å². The first-order chi connectivity index (χ1) is 10.8. The molecule has 0 spiro atoms. The Morgan fingerprint density at radius 2 is 0.333 bits per heavy atom. The maximum Gasteiger partial charge on any atom is 0 e. The Bertz CT molecular complexity index is 171. The van der Waals surface area contributed by atoms with Gasteiger partial charge in [0.2, 0.25) is 0 Å². The van der Waals surface area contributed by atoms with E-state index in [2.05, 4.69) is 79.9 Å². The van der Waals surface area contributed by atoms with Crippen LogP contribution >= 0.6 is 17.2 Å². The van der Waals surface area contributed by atoms with Crippen molar-refractivity contribution in [3.05, 3.63) is 53.2 Å². The van der Waals surface area contributed by atoms with Crippen LogP contribution in [0.5, 0.6) is 0 Å².